The maximum atomic E-state index is 12.8. The van der Waals surface area contributed by atoms with Crippen LogP contribution in [0.3, 0.4) is 0 Å². The summed E-state index contributed by atoms with van der Waals surface area (Å²) in [6.45, 7) is 7.08. The van der Waals surface area contributed by atoms with E-state index >= 15 is 0 Å². The smallest absolute Gasteiger partial charge is 0.319 e. The molecule has 1 heterocycles. The van der Waals surface area contributed by atoms with Crippen molar-refractivity contribution in [2.75, 3.05) is 44.6 Å². The molecule has 7 nitrogen and oxygen atoms in total. The van der Waals surface area contributed by atoms with Gasteiger partial charge in [0.05, 0.1) is 6.61 Å². The summed E-state index contributed by atoms with van der Waals surface area (Å²) in [5.41, 5.74) is 0.808. The number of nitrogens with one attached hydrogen (secondary N) is 2. The Bertz CT molecular complexity index is 861. The van der Waals surface area contributed by atoms with E-state index in [2.05, 4.69) is 15.5 Å². The molecule has 4 saturated carbocycles. The minimum absolute atomic E-state index is 0.0218. The molecule has 6 rings (SSSR count). The quantitative estimate of drug-likeness (QED) is 0.509. The average molecular weight is 483 g/mol. The van der Waals surface area contributed by atoms with Gasteiger partial charge in [0.2, 0.25) is 5.91 Å². The molecule has 4 aliphatic carbocycles. The fourth-order valence-corrected chi connectivity index (χ4v) is 7.42. The van der Waals surface area contributed by atoms with Crippen LogP contribution in [0.2, 0.25) is 0 Å². The number of carbonyl (C=O) groups is 2. The van der Waals surface area contributed by atoms with E-state index in [9.17, 15) is 9.59 Å². The molecule has 0 spiro atoms. The van der Waals surface area contributed by atoms with E-state index in [1.807, 2.05) is 29.2 Å². The highest BCUT2D eigenvalue weighted by Crippen LogP contribution is 2.55. The van der Waals surface area contributed by atoms with Crippen molar-refractivity contribution < 1.29 is 14.3 Å². The molecule has 5 fully saturated rings. The van der Waals surface area contributed by atoms with E-state index in [0.717, 1.165) is 100 Å². The SMILES string of the molecule is CC(=O)N1CCN(CCCCCOc2cccc(NC(=O)NC34CC5CC(CC(C5)C3)C4)c2)CC1. The van der Waals surface area contributed by atoms with Crippen molar-refractivity contribution in [2.45, 2.75) is 70.3 Å². The van der Waals surface area contributed by atoms with Gasteiger partial charge in [0.25, 0.3) is 0 Å². The third-order valence-electron chi connectivity index (χ3n) is 8.71. The molecule has 4 bridgehead atoms. The maximum Gasteiger partial charge on any atom is 0.319 e. The Morgan fingerprint density at radius 2 is 1.66 bits per heavy atom. The Kier molecular flexibility index (Phi) is 7.51. The molecule has 2 N–H and O–H groups in total. The second kappa shape index (κ2) is 10.8. The van der Waals surface area contributed by atoms with Crippen molar-refractivity contribution in [1.82, 2.24) is 15.1 Å². The lowest BCUT2D eigenvalue weighted by molar-refractivity contribution is -0.130. The predicted molar refractivity (Wildman–Crippen MR) is 138 cm³/mol. The monoisotopic (exact) mass is 482 g/mol. The Morgan fingerprint density at radius 3 is 2.31 bits per heavy atom. The van der Waals surface area contributed by atoms with E-state index in [1.54, 1.807) is 6.92 Å². The summed E-state index contributed by atoms with van der Waals surface area (Å²) in [6, 6.07) is 7.67. The summed E-state index contributed by atoms with van der Waals surface area (Å²) in [5.74, 6) is 3.43. The highest BCUT2D eigenvalue weighted by Gasteiger charge is 2.51. The third kappa shape index (κ3) is 6.29. The third-order valence-corrected chi connectivity index (χ3v) is 8.71. The normalized spacial score (nSPS) is 29.7. The van der Waals surface area contributed by atoms with Crippen LogP contribution in [0.5, 0.6) is 5.75 Å². The Labute approximate surface area is 209 Å². The number of ether oxygens (including phenoxy) is 1. The van der Waals surface area contributed by atoms with Gasteiger partial charge in [0.1, 0.15) is 5.75 Å². The minimum atomic E-state index is -0.0757. The van der Waals surface area contributed by atoms with Crippen LogP contribution < -0.4 is 15.4 Å². The van der Waals surface area contributed by atoms with Gasteiger partial charge in [-0.15, -0.1) is 0 Å². The molecule has 0 unspecified atom stereocenters. The second-order valence-corrected chi connectivity index (χ2v) is 11.6. The maximum absolute atomic E-state index is 12.8. The number of carbonyl (C=O) groups excluding carboxylic acids is 2. The molecule has 1 aliphatic heterocycles. The van der Waals surface area contributed by atoms with E-state index < -0.39 is 0 Å². The number of anilines is 1. The molecule has 192 valence electrons. The number of hydrogen-bond acceptors (Lipinski definition) is 4. The van der Waals surface area contributed by atoms with Gasteiger partial charge in [0, 0.05) is 50.4 Å². The zero-order chi connectivity index (χ0) is 24.3. The van der Waals surface area contributed by atoms with Gasteiger partial charge in [0.15, 0.2) is 0 Å². The van der Waals surface area contributed by atoms with Crippen molar-refractivity contribution >= 4 is 17.6 Å². The molecule has 1 saturated heterocycles. The molecule has 0 atom stereocenters. The summed E-state index contributed by atoms with van der Waals surface area (Å²) >= 11 is 0. The first kappa shape index (κ1) is 24.4. The first-order valence-electron chi connectivity index (χ1n) is 13.8. The van der Waals surface area contributed by atoms with Gasteiger partial charge >= 0.3 is 6.03 Å². The highest BCUT2D eigenvalue weighted by molar-refractivity contribution is 5.90. The van der Waals surface area contributed by atoms with Gasteiger partial charge in [-0.05, 0) is 94.2 Å². The van der Waals surface area contributed by atoms with E-state index in [1.165, 1.54) is 19.3 Å². The molecule has 35 heavy (non-hydrogen) atoms. The van der Waals surface area contributed by atoms with Gasteiger partial charge in [-0.25, -0.2) is 4.79 Å². The van der Waals surface area contributed by atoms with Crippen LogP contribution in [0, 0.1) is 17.8 Å². The predicted octanol–water partition coefficient (Wildman–Crippen LogP) is 4.49. The summed E-state index contributed by atoms with van der Waals surface area (Å²) in [6.07, 6.45) is 10.9. The standard InChI is InChI=1S/C28H42N4O3/c1-21(33)32-11-9-31(10-12-32)8-3-2-4-13-35-26-7-5-6-25(17-26)29-27(34)30-28-18-22-14-23(19-28)16-24(15-22)20-28/h5-7,17,22-24H,2-4,8-16,18-20H2,1H3,(H2,29,30,34). The number of rotatable bonds is 9. The number of urea groups is 1. The van der Waals surface area contributed by atoms with Crippen LogP contribution in [-0.4, -0.2) is 66.6 Å². The molecule has 3 amide bonds. The largest absolute Gasteiger partial charge is 0.494 e. The lowest BCUT2D eigenvalue weighted by atomic mass is 9.53. The zero-order valence-corrected chi connectivity index (χ0v) is 21.3. The van der Waals surface area contributed by atoms with Crippen molar-refractivity contribution in [3.8, 4) is 5.75 Å². The second-order valence-electron chi connectivity index (χ2n) is 11.6. The Hall–Kier alpha value is -2.28. The molecule has 0 aromatic heterocycles. The number of unbranched alkanes of at least 4 members (excludes halogenated alkanes) is 2. The molecule has 0 radical (unpaired) electrons. The molecule has 1 aromatic rings. The number of piperazine rings is 1. The van der Waals surface area contributed by atoms with Gasteiger partial charge in [-0.2, -0.15) is 0 Å². The minimum Gasteiger partial charge on any atom is -0.494 e. The summed E-state index contributed by atoms with van der Waals surface area (Å²) in [5, 5.41) is 6.43. The number of nitrogens with zero attached hydrogens (tertiary/aromatic N) is 2. The lowest BCUT2D eigenvalue weighted by Gasteiger charge is -2.56. The van der Waals surface area contributed by atoms with E-state index in [4.69, 9.17) is 4.74 Å². The molecule has 5 aliphatic rings. The van der Waals surface area contributed by atoms with Crippen LogP contribution >= 0.6 is 0 Å². The summed E-state index contributed by atoms with van der Waals surface area (Å²) in [4.78, 5) is 28.6. The fourth-order valence-electron chi connectivity index (χ4n) is 7.42. The van der Waals surface area contributed by atoms with Crippen molar-refractivity contribution in [1.29, 1.82) is 0 Å². The van der Waals surface area contributed by atoms with Crippen molar-refractivity contribution in [3.63, 3.8) is 0 Å². The highest BCUT2D eigenvalue weighted by atomic mass is 16.5. The zero-order valence-electron chi connectivity index (χ0n) is 21.3. The van der Waals surface area contributed by atoms with Crippen molar-refractivity contribution in [3.05, 3.63) is 24.3 Å². The summed E-state index contributed by atoms with van der Waals surface area (Å²) in [7, 11) is 0. The van der Waals surface area contributed by atoms with Crippen LogP contribution in [0.25, 0.3) is 0 Å². The fraction of sp³-hybridized carbons (Fsp3) is 0.714. The summed E-state index contributed by atoms with van der Waals surface area (Å²) < 4.78 is 5.97. The van der Waals surface area contributed by atoms with Gasteiger partial charge in [-0.3, -0.25) is 9.69 Å². The first-order valence-corrected chi connectivity index (χ1v) is 13.8. The number of hydrogen-bond donors (Lipinski definition) is 2. The average Bonchev–Trinajstić information content (AvgIpc) is 2.80. The molecule has 1 aromatic carbocycles. The molecular formula is C28H42N4O3. The Balaban J connectivity index is 0.990. The topological polar surface area (TPSA) is 73.9 Å². The van der Waals surface area contributed by atoms with E-state index in [0.29, 0.717) is 6.61 Å². The van der Waals surface area contributed by atoms with Gasteiger partial charge < -0.3 is 20.3 Å². The first-order chi connectivity index (χ1) is 17.0. The van der Waals surface area contributed by atoms with Crippen LogP contribution in [-0.2, 0) is 4.79 Å². The number of amides is 3. The van der Waals surface area contributed by atoms with E-state index in [-0.39, 0.29) is 17.5 Å². The van der Waals surface area contributed by atoms with Crippen LogP contribution in [0.1, 0.15) is 64.7 Å². The van der Waals surface area contributed by atoms with Crippen LogP contribution in [0.15, 0.2) is 24.3 Å². The van der Waals surface area contributed by atoms with Crippen LogP contribution in [0.4, 0.5) is 10.5 Å². The molecule has 7 heteroatoms. The lowest BCUT2D eigenvalue weighted by Crippen LogP contribution is -2.60. The van der Waals surface area contributed by atoms with Crippen molar-refractivity contribution in [2.24, 2.45) is 17.8 Å². The van der Waals surface area contributed by atoms with Gasteiger partial charge in [-0.1, -0.05) is 6.07 Å². The molecular weight excluding hydrogens is 440 g/mol. The number of benzene rings is 1. The Morgan fingerprint density at radius 1 is 0.971 bits per heavy atom.